The van der Waals surface area contributed by atoms with Crippen molar-refractivity contribution >= 4 is 91.7 Å². The van der Waals surface area contributed by atoms with E-state index in [0.29, 0.717) is 0 Å². The Morgan fingerprint density at radius 1 is 0.488 bits per heavy atom. The number of hydrogen-bond acceptors (Lipinski definition) is 2. The summed E-state index contributed by atoms with van der Waals surface area (Å²) < 4.78 is 7.44. The molecule has 3 nitrogen and oxygen atoms in total. The van der Waals surface area contributed by atoms with Gasteiger partial charge < -0.3 is 4.57 Å². The molecule has 10 aromatic rings. The normalized spacial score (nSPS) is 12.4. The number of pyridine rings is 1. The van der Waals surface area contributed by atoms with Crippen LogP contribution in [0.15, 0.2) is 127 Å². The molecule has 0 fully saturated rings. The summed E-state index contributed by atoms with van der Waals surface area (Å²) in [4.78, 5) is 5.32. The molecule has 0 bridgehead atoms. The van der Waals surface area contributed by atoms with Gasteiger partial charge in [0.05, 0.1) is 33.0 Å². The van der Waals surface area contributed by atoms with E-state index in [1.165, 1.54) is 63.7 Å². The molecular formula is C37H21N3S. The molecule has 0 aliphatic heterocycles. The highest BCUT2D eigenvalue weighted by Gasteiger charge is 2.21. The monoisotopic (exact) mass is 539 g/mol. The van der Waals surface area contributed by atoms with E-state index in [-0.39, 0.29) is 0 Å². The fourth-order valence-electron chi connectivity index (χ4n) is 6.95. The lowest BCUT2D eigenvalue weighted by Crippen LogP contribution is -1.97. The molecule has 4 heteroatoms. The van der Waals surface area contributed by atoms with Crippen LogP contribution in [0, 0.1) is 0 Å². The lowest BCUT2D eigenvalue weighted by molar-refractivity contribution is 1.18. The molecule has 4 heterocycles. The second kappa shape index (κ2) is 7.72. The van der Waals surface area contributed by atoms with Gasteiger partial charge in [0.25, 0.3) is 0 Å². The number of thiophene rings is 1. The Kier molecular flexibility index (Phi) is 4.07. The van der Waals surface area contributed by atoms with E-state index >= 15 is 0 Å². The van der Waals surface area contributed by atoms with Gasteiger partial charge in [-0.1, -0.05) is 78.9 Å². The maximum atomic E-state index is 5.32. The summed E-state index contributed by atoms with van der Waals surface area (Å²) in [6, 6.07) is 46.2. The summed E-state index contributed by atoms with van der Waals surface area (Å²) in [5.41, 5.74) is 7.90. The lowest BCUT2D eigenvalue weighted by atomic mass is 10.0. The standard InChI is InChI=1S/C37H21N3S/c1-2-10-22(11-3-1)39-30-15-7-4-12-23(30)26-19-18-25-27-20-28-24-13-5-9-17-33(24)41-34(28)21-32(27)40-31-16-8-6-14-29(31)38-37(40)35(25)36(26)39/h1-21H. The molecule has 0 atom stereocenters. The Morgan fingerprint density at radius 2 is 1.22 bits per heavy atom. The van der Waals surface area contributed by atoms with Crippen molar-refractivity contribution in [3.05, 3.63) is 127 Å². The van der Waals surface area contributed by atoms with Gasteiger partial charge >= 0.3 is 0 Å². The van der Waals surface area contributed by atoms with E-state index in [1.54, 1.807) is 0 Å². The topological polar surface area (TPSA) is 22.2 Å². The van der Waals surface area contributed by atoms with Crippen molar-refractivity contribution < 1.29 is 0 Å². The van der Waals surface area contributed by atoms with Crippen LogP contribution < -0.4 is 0 Å². The van der Waals surface area contributed by atoms with E-state index in [0.717, 1.165) is 22.4 Å². The van der Waals surface area contributed by atoms with Crippen LogP contribution in [0.25, 0.3) is 86.0 Å². The minimum atomic E-state index is 1.000. The first-order valence-corrected chi connectivity index (χ1v) is 14.7. The zero-order valence-corrected chi connectivity index (χ0v) is 22.7. The quantitative estimate of drug-likeness (QED) is 0.190. The van der Waals surface area contributed by atoms with Crippen molar-refractivity contribution in [2.75, 3.05) is 0 Å². The largest absolute Gasteiger partial charge is 0.308 e. The van der Waals surface area contributed by atoms with E-state index in [2.05, 4.69) is 136 Å². The molecule has 0 radical (unpaired) electrons. The van der Waals surface area contributed by atoms with E-state index in [4.69, 9.17) is 4.98 Å². The third-order valence-corrected chi connectivity index (χ3v) is 9.80. The van der Waals surface area contributed by atoms with Crippen molar-refractivity contribution in [3.8, 4) is 5.69 Å². The van der Waals surface area contributed by atoms with Crippen LogP contribution >= 0.6 is 11.3 Å². The fraction of sp³-hybridized carbons (Fsp3) is 0. The molecule has 10 rings (SSSR count). The molecule has 0 unspecified atom stereocenters. The Morgan fingerprint density at radius 3 is 2.12 bits per heavy atom. The number of aromatic nitrogens is 3. The first kappa shape index (κ1) is 21.6. The molecule has 0 amide bonds. The maximum absolute atomic E-state index is 5.32. The Hall–Kier alpha value is -5.19. The number of benzene rings is 6. The molecule has 0 aliphatic rings. The van der Waals surface area contributed by atoms with Crippen molar-refractivity contribution in [2.24, 2.45) is 0 Å². The average Bonchev–Trinajstić information content (AvgIpc) is 3.70. The first-order chi connectivity index (χ1) is 20.3. The molecule has 41 heavy (non-hydrogen) atoms. The Bertz CT molecular complexity index is 2690. The zero-order valence-electron chi connectivity index (χ0n) is 21.9. The molecule has 0 saturated carbocycles. The second-order valence-electron chi connectivity index (χ2n) is 10.8. The molecule has 6 aromatic carbocycles. The van der Waals surface area contributed by atoms with Crippen LogP contribution in [0.5, 0.6) is 0 Å². The number of fused-ring (bicyclic) bond motifs is 15. The van der Waals surface area contributed by atoms with E-state index in [9.17, 15) is 0 Å². The van der Waals surface area contributed by atoms with E-state index < -0.39 is 0 Å². The molecule has 0 N–H and O–H groups in total. The number of rotatable bonds is 1. The average molecular weight is 540 g/mol. The molecule has 0 spiro atoms. The minimum Gasteiger partial charge on any atom is -0.308 e. The van der Waals surface area contributed by atoms with E-state index in [1.807, 2.05) is 11.3 Å². The molecule has 0 aliphatic carbocycles. The van der Waals surface area contributed by atoms with Crippen molar-refractivity contribution in [1.82, 2.24) is 14.0 Å². The summed E-state index contributed by atoms with van der Waals surface area (Å²) in [6.07, 6.45) is 0. The van der Waals surface area contributed by atoms with Crippen LogP contribution in [0.3, 0.4) is 0 Å². The van der Waals surface area contributed by atoms with Gasteiger partial charge in [-0.25, -0.2) is 4.98 Å². The Labute approximate surface area is 238 Å². The van der Waals surface area contributed by atoms with Crippen LogP contribution in [-0.2, 0) is 0 Å². The summed E-state index contributed by atoms with van der Waals surface area (Å²) in [5, 5.41) is 8.79. The lowest BCUT2D eigenvalue weighted by Gasteiger charge is -2.13. The third-order valence-electron chi connectivity index (χ3n) is 8.66. The predicted molar refractivity (Wildman–Crippen MR) is 175 cm³/mol. The van der Waals surface area contributed by atoms with Crippen LogP contribution in [0.1, 0.15) is 0 Å². The minimum absolute atomic E-state index is 1.000. The molecular weight excluding hydrogens is 518 g/mol. The number of para-hydroxylation sites is 4. The first-order valence-electron chi connectivity index (χ1n) is 13.9. The molecule has 190 valence electrons. The van der Waals surface area contributed by atoms with Gasteiger partial charge in [0.2, 0.25) is 0 Å². The second-order valence-corrected chi connectivity index (χ2v) is 11.9. The highest BCUT2D eigenvalue weighted by molar-refractivity contribution is 7.25. The van der Waals surface area contributed by atoms with Gasteiger partial charge in [0.15, 0.2) is 0 Å². The van der Waals surface area contributed by atoms with Crippen LogP contribution in [0.2, 0.25) is 0 Å². The molecule has 0 saturated heterocycles. The Balaban J connectivity index is 1.54. The summed E-state index contributed by atoms with van der Waals surface area (Å²) in [6.45, 7) is 0. The smallest absolute Gasteiger partial charge is 0.148 e. The number of nitrogens with zero attached hydrogens (tertiary/aromatic N) is 3. The van der Waals surface area contributed by atoms with Gasteiger partial charge in [-0.2, -0.15) is 0 Å². The maximum Gasteiger partial charge on any atom is 0.148 e. The van der Waals surface area contributed by atoms with Gasteiger partial charge in [-0.3, -0.25) is 4.40 Å². The van der Waals surface area contributed by atoms with Crippen molar-refractivity contribution in [2.45, 2.75) is 0 Å². The van der Waals surface area contributed by atoms with Gasteiger partial charge in [-0.15, -0.1) is 11.3 Å². The number of imidazole rings is 1. The van der Waals surface area contributed by atoms with Gasteiger partial charge in [0.1, 0.15) is 5.65 Å². The summed E-state index contributed by atoms with van der Waals surface area (Å²) in [5.74, 6) is 0. The summed E-state index contributed by atoms with van der Waals surface area (Å²) in [7, 11) is 0. The van der Waals surface area contributed by atoms with Crippen molar-refractivity contribution in [1.29, 1.82) is 0 Å². The highest BCUT2D eigenvalue weighted by Crippen LogP contribution is 2.44. The predicted octanol–water partition coefficient (Wildman–Crippen LogP) is 10.3. The fourth-order valence-corrected chi connectivity index (χ4v) is 8.07. The van der Waals surface area contributed by atoms with Gasteiger partial charge in [0, 0.05) is 42.0 Å². The zero-order chi connectivity index (χ0) is 26.7. The summed E-state index contributed by atoms with van der Waals surface area (Å²) >= 11 is 1.87. The molecule has 4 aromatic heterocycles. The number of hydrogen-bond donors (Lipinski definition) is 0. The third kappa shape index (κ3) is 2.75. The van der Waals surface area contributed by atoms with Crippen LogP contribution in [-0.4, -0.2) is 14.0 Å². The van der Waals surface area contributed by atoms with Crippen molar-refractivity contribution in [3.63, 3.8) is 0 Å². The highest BCUT2D eigenvalue weighted by atomic mass is 32.1. The SMILES string of the molecule is c1ccc(-n2c3ccccc3c3ccc4c5cc6c(cc5n5c7ccccc7nc5c4c32)sc2ccccc26)cc1. The van der Waals surface area contributed by atoms with Crippen LogP contribution in [0.4, 0.5) is 0 Å². The van der Waals surface area contributed by atoms with Gasteiger partial charge in [-0.05, 0) is 53.9 Å².